The van der Waals surface area contributed by atoms with Crippen molar-refractivity contribution in [3.63, 3.8) is 0 Å². The summed E-state index contributed by atoms with van der Waals surface area (Å²) in [5.41, 5.74) is 1.60. The molecule has 4 aromatic rings. The lowest BCUT2D eigenvalue weighted by molar-refractivity contribution is -0.150. The highest BCUT2D eigenvalue weighted by Crippen LogP contribution is 2.58. The van der Waals surface area contributed by atoms with Crippen molar-refractivity contribution in [2.45, 2.75) is 24.7 Å². The lowest BCUT2D eigenvalue weighted by atomic mass is 9.54. The molecule has 0 radical (unpaired) electrons. The van der Waals surface area contributed by atoms with E-state index in [9.17, 15) is 14.4 Å². The Kier molecular flexibility index (Phi) is 6.12. The van der Waals surface area contributed by atoms with Crippen molar-refractivity contribution in [3.8, 4) is 0 Å². The average molecular weight is 501 g/mol. The van der Waals surface area contributed by atoms with Gasteiger partial charge in [-0.1, -0.05) is 97.1 Å². The molecule has 1 spiro atoms. The first-order valence-electron chi connectivity index (χ1n) is 13.0. The molecular weight excluding hydrogens is 472 g/mol. The monoisotopic (exact) mass is 500 g/mol. The van der Waals surface area contributed by atoms with Gasteiger partial charge in [-0.3, -0.25) is 24.2 Å². The summed E-state index contributed by atoms with van der Waals surface area (Å²) in [5.74, 6) is -1.66. The highest BCUT2D eigenvalue weighted by Gasteiger charge is 2.65. The van der Waals surface area contributed by atoms with E-state index in [0.29, 0.717) is 0 Å². The molecule has 0 N–H and O–H groups in total. The van der Waals surface area contributed by atoms with Gasteiger partial charge in [0, 0.05) is 36.1 Å². The predicted molar refractivity (Wildman–Crippen MR) is 148 cm³/mol. The van der Waals surface area contributed by atoms with Crippen LogP contribution in [0.2, 0.25) is 0 Å². The standard InChI is InChI=1S/C33H28N2O3/c36-28-21-29(24-13-5-1-6-14-24)33(30(22-28)25-15-7-2-8-16-25)31(37)34(26-17-9-3-10-18-26)23-35(32(33)38)27-19-11-4-12-20-27/h1-20,29-30H,21-23H2. The fourth-order valence-electron chi connectivity index (χ4n) is 6.25. The maximum atomic E-state index is 14.9. The molecule has 0 aromatic heterocycles. The summed E-state index contributed by atoms with van der Waals surface area (Å²) in [6.45, 7) is 0.102. The van der Waals surface area contributed by atoms with Gasteiger partial charge in [0.2, 0.25) is 11.8 Å². The van der Waals surface area contributed by atoms with Crippen LogP contribution in [0.15, 0.2) is 121 Å². The smallest absolute Gasteiger partial charge is 0.245 e. The number of nitrogens with zero attached hydrogens (tertiary/aromatic N) is 2. The number of anilines is 2. The molecule has 1 saturated carbocycles. The van der Waals surface area contributed by atoms with E-state index in [1.807, 2.05) is 121 Å². The number of Topliss-reactive ketones (excluding diaryl/α,β-unsaturated/α-hetero) is 1. The molecule has 2 atom stereocenters. The molecule has 5 nitrogen and oxygen atoms in total. The van der Waals surface area contributed by atoms with Gasteiger partial charge in [0.15, 0.2) is 0 Å². The molecule has 1 saturated heterocycles. The van der Waals surface area contributed by atoms with E-state index < -0.39 is 17.3 Å². The zero-order valence-electron chi connectivity index (χ0n) is 20.9. The quantitative estimate of drug-likeness (QED) is 0.326. The highest BCUT2D eigenvalue weighted by molar-refractivity contribution is 6.22. The first-order valence-corrected chi connectivity index (χ1v) is 13.0. The third-order valence-electron chi connectivity index (χ3n) is 7.98. The molecular formula is C33H28N2O3. The van der Waals surface area contributed by atoms with Crippen LogP contribution in [0.4, 0.5) is 11.4 Å². The molecule has 2 amide bonds. The van der Waals surface area contributed by atoms with E-state index in [-0.39, 0.29) is 37.1 Å². The van der Waals surface area contributed by atoms with Crippen molar-refractivity contribution in [1.29, 1.82) is 0 Å². The van der Waals surface area contributed by atoms with E-state index in [4.69, 9.17) is 0 Å². The van der Waals surface area contributed by atoms with Crippen molar-refractivity contribution >= 4 is 29.0 Å². The predicted octanol–water partition coefficient (Wildman–Crippen LogP) is 5.94. The van der Waals surface area contributed by atoms with Crippen LogP contribution in [0.5, 0.6) is 0 Å². The maximum absolute atomic E-state index is 14.9. The van der Waals surface area contributed by atoms with Crippen LogP contribution in [0.3, 0.4) is 0 Å². The fraction of sp³-hybridized carbons (Fsp3) is 0.182. The van der Waals surface area contributed by atoms with E-state index in [2.05, 4.69) is 0 Å². The molecule has 2 unspecified atom stereocenters. The Bertz CT molecular complexity index is 1340. The van der Waals surface area contributed by atoms with Gasteiger partial charge < -0.3 is 0 Å². The van der Waals surface area contributed by atoms with Crippen LogP contribution < -0.4 is 9.80 Å². The third-order valence-corrected chi connectivity index (χ3v) is 7.98. The Hall–Kier alpha value is -4.51. The Balaban J connectivity index is 1.64. The first-order chi connectivity index (χ1) is 18.6. The summed E-state index contributed by atoms with van der Waals surface area (Å²) in [6.07, 6.45) is 0.270. The van der Waals surface area contributed by atoms with Gasteiger partial charge in [0.1, 0.15) is 17.9 Å². The van der Waals surface area contributed by atoms with Crippen molar-refractivity contribution in [1.82, 2.24) is 0 Å². The highest BCUT2D eigenvalue weighted by atomic mass is 16.2. The Morgan fingerprint density at radius 3 is 1.21 bits per heavy atom. The molecule has 38 heavy (non-hydrogen) atoms. The van der Waals surface area contributed by atoms with Gasteiger partial charge in [-0.15, -0.1) is 0 Å². The second-order valence-corrected chi connectivity index (χ2v) is 10.0. The van der Waals surface area contributed by atoms with Crippen LogP contribution in [-0.4, -0.2) is 24.3 Å². The number of para-hydroxylation sites is 2. The van der Waals surface area contributed by atoms with Crippen LogP contribution in [-0.2, 0) is 14.4 Å². The molecule has 0 bridgehead atoms. The number of carbonyl (C=O) groups excluding carboxylic acids is 3. The van der Waals surface area contributed by atoms with Gasteiger partial charge in [0.05, 0.1) is 0 Å². The van der Waals surface area contributed by atoms with Crippen LogP contribution in [0.25, 0.3) is 0 Å². The third kappa shape index (κ3) is 3.82. The number of amides is 2. The number of benzene rings is 4. The van der Waals surface area contributed by atoms with Gasteiger partial charge in [0.25, 0.3) is 0 Å². The van der Waals surface area contributed by atoms with Crippen LogP contribution >= 0.6 is 0 Å². The number of rotatable bonds is 4. The second-order valence-electron chi connectivity index (χ2n) is 10.0. The van der Waals surface area contributed by atoms with E-state index >= 15 is 0 Å². The van der Waals surface area contributed by atoms with E-state index in [1.54, 1.807) is 9.80 Å². The van der Waals surface area contributed by atoms with Gasteiger partial charge in [-0.2, -0.15) is 0 Å². The average Bonchev–Trinajstić information content (AvgIpc) is 2.98. The minimum Gasteiger partial charge on any atom is -0.300 e. The molecule has 188 valence electrons. The minimum atomic E-state index is -1.50. The summed E-state index contributed by atoms with van der Waals surface area (Å²) in [7, 11) is 0. The van der Waals surface area contributed by atoms with Crippen LogP contribution in [0.1, 0.15) is 35.8 Å². The van der Waals surface area contributed by atoms with Crippen molar-refractivity contribution < 1.29 is 14.4 Å². The number of carbonyl (C=O) groups is 3. The summed E-state index contributed by atoms with van der Waals surface area (Å²) in [5, 5.41) is 0. The minimum absolute atomic E-state index is 0.0574. The van der Waals surface area contributed by atoms with Crippen LogP contribution in [0, 0.1) is 5.41 Å². The molecule has 1 heterocycles. The molecule has 1 aliphatic carbocycles. The second kappa shape index (κ2) is 9.75. The molecule has 6 rings (SSSR count). The largest absolute Gasteiger partial charge is 0.300 e. The summed E-state index contributed by atoms with van der Waals surface area (Å²) >= 11 is 0. The molecule has 2 aliphatic rings. The van der Waals surface area contributed by atoms with E-state index in [1.165, 1.54) is 0 Å². The lowest BCUT2D eigenvalue weighted by Crippen LogP contribution is -2.68. The van der Waals surface area contributed by atoms with Gasteiger partial charge in [-0.25, -0.2) is 0 Å². The molecule has 2 fully saturated rings. The van der Waals surface area contributed by atoms with Crippen molar-refractivity contribution in [3.05, 3.63) is 132 Å². The molecule has 4 aromatic carbocycles. The SMILES string of the molecule is O=C1CC(c2ccccc2)C2(C(=O)N(c3ccccc3)CN(c3ccccc3)C2=O)C(c2ccccc2)C1. The lowest BCUT2D eigenvalue weighted by Gasteiger charge is -2.54. The van der Waals surface area contributed by atoms with Crippen molar-refractivity contribution in [2.24, 2.45) is 5.41 Å². The fourth-order valence-corrected chi connectivity index (χ4v) is 6.25. The normalized spacial score (nSPS) is 21.1. The Morgan fingerprint density at radius 2 is 0.842 bits per heavy atom. The summed E-state index contributed by atoms with van der Waals surface area (Å²) < 4.78 is 0. The zero-order valence-corrected chi connectivity index (χ0v) is 20.9. The molecule has 5 heteroatoms. The number of hydrogen-bond donors (Lipinski definition) is 0. The van der Waals surface area contributed by atoms with Gasteiger partial charge in [-0.05, 0) is 35.4 Å². The Morgan fingerprint density at radius 1 is 0.500 bits per heavy atom. The van der Waals surface area contributed by atoms with Crippen molar-refractivity contribution in [2.75, 3.05) is 16.5 Å². The zero-order chi connectivity index (χ0) is 26.1. The molecule has 1 aliphatic heterocycles. The first kappa shape index (κ1) is 23.9. The van der Waals surface area contributed by atoms with Gasteiger partial charge >= 0.3 is 0 Å². The summed E-state index contributed by atoms with van der Waals surface area (Å²) in [6, 6.07) is 38.2. The van der Waals surface area contributed by atoms with E-state index in [0.717, 1.165) is 22.5 Å². The topological polar surface area (TPSA) is 57.7 Å². The number of hydrogen-bond acceptors (Lipinski definition) is 3. The Labute approximate surface area is 222 Å². The summed E-state index contributed by atoms with van der Waals surface area (Å²) in [4.78, 5) is 46.6. The maximum Gasteiger partial charge on any atom is 0.245 e. The number of ketones is 1.